The van der Waals surface area contributed by atoms with Crippen LogP contribution in [0.4, 0.5) is 10.5 Å². The van der Waals surface area contributed by atoms with Crippen LogP contribution in [0.5, 0.6) is 0 Å². The largest absolute Gasteiger partial charge is 0.481 e. The summed E-state index contributed by atoms with van der Waals surface area (Å²) in [6, 6.07) is 7.62. The van der Waals surface area contributed by atoms with Gasteiger partial charge in [0.2, 0.25) is 0 Å². The van der Waals surface area contributed by atoms with Crippen LogP contribution in [0.15, 0.2) is 18.2 Å². The van der Waals surface area contributed by atoms with Crippen molar-refractivity contribution in [2.24, 2.45) is 11.8 Å². The van der Waals surface area contributed by atoms with Gasteiger partial charge in [-0.1, -0.05) is 25.3 Å². The van der Waals surface area contributed by atoms with Crippen molar-refractivity contribution in [1.82, 2.24) is 14.7 Å². The molecule has 35 heavy (non-hydrogen) atoms. The summed E-state index contributed by atoms with van der Waals surface area (Å²) in [4.78, 5) is 27.5. The quantitative estimate of drug-likeness (QED) is 0.529. The van der Waals surface area contributed by atoms with Crippen LogP contribution in [0.2, 0.25) is 0 Å². The van der Waals surface area contributed by atoms with E-state index in [1.165, 1.54) is 48.9 Å². The number of hydrogen-bond donors (Lipinski definition) is 2. The number of nitrogens with zero attached hydrogens (tertiary/aromatic N) is 2. The molecule has 1 atom stereocenters. The molecule has 1 saturated heterocycles. The minimum absolute atomic E-state index is 0.271. The number of benzene rings is 1. The number of carboxylic acid groups (broad SMARTS) is 1. The number of fused-ring (bicyclic) bond motifs is 1. The number of carbonyl (C=O) groups excluding carboxylic acids is 1. The Hall–Kier alpha value is -1.92. The lowest BCUT2D eigenvalue weighted by Crippen LogP contribution is -2.56. The Kier molecular flexibility index (Phi) is 7.78. The molecule has 0 radical (unpaired) electrons. The number of quaternary nitrogens is 1. The van der Waals surface area contributed by atoms with Gasteiger partial charge >= 0.3 is 12.0 Å². The van der Waals surface area contributed by atoms with Crippen molar-refractivity contribution in [3.63, 3.8) is 0 Å². The first kappa shape index (κ1) is 24.8. The van der Waals surface area contributed by atoms with Crippen molar-refractivity contribution < 1.29 is 14.7 Å². The Bertz CT molecular complexity index is 904. The molecule has 5 rings (SSSR count). The first-order chi connectivity index (χ1) is 17.0. The van der Waals surface area contributed by atoms with Gasteiger partial charge in [0.25, 0.3) is 0 Å². The minimum atomic E-state index is -0.692. The van der Waals surface area contributed by atoms with Crippen LogP contribution >= 0.6 is 0 Å². The van der Waals surface area contributed by atoms with Crippen molar-refractivity contribution in [1.29, 1.82) is 0 Å². The summed E-state index contributed by atoms with van der Waals surface area (Å²) in [5.74, 6) is 0.447. The van der Waals surface area contributed by atoms with Gasteiger partial charge in [-0.2, -0.15) is 0 Å². The van der Waals surface area contributed by atoms with Crippen LogP contribution in [0, 0.1) is 11.8 Å². The van der Waals surface area contributed by atoms with Crippen molar-refractivity contribution in [2.45, 2.75) is 89.5 Å². The number of amides is 2. The highest BCUT2D eigenvalue weighted by molar-refractivity contribution is 5.89. The van der Waals surface area contributed by atoms with Gasteiger partial charge in [-0.15, -0.1) is 0 Å². The Labute approximate surface area is 210 Å². The van der Waals surface area contributed by atoms with Gasteiger partial charge in [0.15, 0.2) is 0 Å². The number of urea groups is 1. The Balaban J connectivity index is 1.35. The second-order valence-corrected chi connectivity index (χ2v) is 11.7. The summed E-state index contributed by atoms with van der Waals surface area (Å²) in [6.45, 7) is 4.76. The molecule has 0 bridgehead atoms. The average Bonchev–Trinajstić information content (AvgIpc) is 3.04. The lowest BCUT2D eigenvalue weighted by Gasteiger charge is -2.37. The summed E-state index contributed by atoms with van der Waals surface area (Å²) in [7, 11) is 0. The fourth-order valence-electron chi connectivity index (χ4n) is 7.38. The molecule has 2 aliphatic heterocycles. The smallest absolute Gasteiger partial charge is 0.424 e. The van der Waals surface area contributed by atoms with Crippen LogP contribution in [0.3, 0.4) is 0 Å². The molecular weight excluding hydrogens is 438 g/mol. The van der Waals surface area contributed by atoms with Crippen molar-refractivity contribution >= 4 is 17.7 Å². The first-order valence-corrected chi connectivity index (χ1v) is 14.3. The third-order valence-corrected chi connectivity index (χ3v) is 9.48. The third kappa shape index (κ3) is 5.43. The van der Waals surface area contributed by atoms with Gasteiger partial charge in [0.05, 0.1) is 13.1 Å². The molecule has 2 N–H and O–H groups in total. The summed E-state index contributed by atoms with van der Waals surface area (Å²) in [5, 5.41) is 12.6. The lowest BCUT2D eigenvalue weighted by molar-refractivity contribution is -0.137. The standard InChI is InChI=1S/C29H43N3O3/c33-28(34)13-8-22-6-10-26(11-7-22)31-18-19-32(29(31)35,21-23-4-2-1-3-5-23)27-12-9-24-14-16-30-17-15-25(24)20-27/h9,12,20,22-23,26,30H,1-8,10-11,13-19,21H2/p+1. The summed E-state index contributed by atoms with van der Waals surface area (Å²) in [5.41, 5.74) is 4.09. The SMILES string of the molecule is O=C(O)CCC1CCC(N2CC[N+](CC3CCCCC3)(c3ccc4c(c3)CCNCC4)C2=O)CC1. The topological polar surface area (TPSA) is 69.6 Å². The highest BCUT2D eigenvalue weighted by Crippen LogP contribution is 2.39. The Morgan fingerprint density at radius 2 is 1.71 bits per heavy atom. The normalized spacial score (nSPS) is 30.2. The molecule has 2 saturated carbocycles. The lowest BCUT2D eigenvalue weighted by atomic mass is 9.83. The highest BCUT2D eigenvalue weighted by Gasteiger charge is 2.52. The van der Waals surface area contributed by atoms with E-state index < -0.39 is 5.97 Å². The van der Waals surface area contributed by atoms with Crippen LogP contribution in [-0.2, 0) is 17.6 Å². The van der Waals surface area contributed by atoms with Crippen LogP contribution in [0.25, 0.3) is 0 Å². The molecule has 0 aromatic heterocycles. The van der Waals surface area contributed by atoms with Gasteiger partial charge in [-0.05, 0) is 94.0 Å². The molecule has 4 aliphatic rings. The maximum atomic E-state index is 14.3. The average molecular weight is 483 g/mol. The fraction of sp³-hybridized carbons (Fsp3) is 0.724. The number of carbonyl (C=O) groups is 2. The van der Waals surface area contributed by atoms with Gasteiger partial charge in [-0.3, -0.25) is 9.69 Å². The van der Waals surface area contributed by atoms with E-state index in [0.29, 0.717) is 28.4 Å². The molecule has 3 fully saturated rings. The van der Waals surface area contributed by atoms with Gasteiger partial charge in [0, 0.05) is 24.4 Å². The second-order valence-electron chi connectivity index (χ2n) is 11.7. The van der Waals surface area contributed by atoms with Crippen LogP contribution in [0.1, 0.15) is 81.8 Å². The Morgan fingerprint density at radius 1 is 0.971 bits per heavy atom. The molecule has 1 aromatic rings. The molecule has 192 valence electrons. The fourth-order valence-corrected chi connectivity index (χ4v) is 7.38. The molecule has 0 spiro atoms. The van der Waals surface area contributed by atoms with E-state index in [9.17, 15) is 9.59 Å². The van der Waals surface area contributed by atoms with Crippen LogP contribution in [-0.4, -0.2) is 60.8 Å². The first-order valence-electron chi connectivity index (χ1n) is 14.3. The van der Waals surface area contributed by atoms with E-state index in [0.717, 1.165) is 77.7 Å². The Morgan fingerprint density at radius 3 is 2.46 bits per heavy atom. The zero-order valence-electron chi connectivity index (χ0n) is 21.4. The third-order valence-electron chi connectivity index (χ3n) is 9.48. The molecule has 2 heterocycles. The minimum Gasteiger partial charge on any atom is -0.481 e. The van der Waals surface area contributed by atoms with Crippen LogP contribution < -0.4 is 9.80 Å². The van der Waals surface area contributed by atoms with E-state index in [1.54, 1.807) is 0 Å². The van der Waals surface area contributed by atoms with E-state index in [2.05, 4.69) is 28.4 Å². The van der Waals surface area contributed by atoms with Crippen molar-refractivity contribution in [2.75, 3.05) is 32.7 Å². The van der Waals surface area contributed by atoms with E-state index in [-0.39, 0.29) is 6.42 Å². The van der Waals surface area contributed by atoms with Crippen molar-refractivity contribution in [3.8, 4) is 0 Å². The summed E-state index contributed by atoms with van der Waals surface area (Å²) < 4.78 is 0.518. The van der Waals surface area contributed by atoms with E-state index >= 15 is 0 Å². The molecule has 6 nitrogen and oxygen atoms in total. The predicted molar refractivity (Wildman–Crippen MR) is 140 cm³/mol. The number of carboxylic acids is 1. The zero-order chi connectivity index (χ0) is 24.3. The van der Waals surface area contributed by atoms with E-state index in [1.807, 2.05) is 0 Å². The maximum Gasteiger partial charge on any atom is 0.424 e. The number of rotatable bonds is 7. The molecule has 2 aliphatic carbocycles. The molecule has 6 heteroatoms. The molecular formula is C29H44N3O3+. The predicted octanol–water partition coefficient (Wildman–Crippen LogP) is 5.12. The molecule has 2 amide bonds. The maximum absolute atomic E-state index is 14.3. The summed E-state index contributed by atoms with van der Waals surface area (Å²) >= 11 is 0. The highest BCUT2D eigenvalue weighted by atomic mass is 16.4. The molecule has 1 aromatic carbocycles. The van der Waals surface area contributed by atoms with E-state index in [4.69, 9.17) is 5.11 Å². The molecule has 1 unspecified atom stereocenters. The number of aliphatic carboxylic acids is 1. The zero-order valence-corrected chi connectivity index (χ0v) is 21.4. The second kappa shape index (κ2) is 11.0. The summed E-state index contributed by atoms with van der Waals surface area (Å²) in [6.07, 6.45) is 13.8. The van der Waals surface area contributed by atoms with Gasteiger partial charge in [-0.25, -0.2) is 9.28 Å². The number of hydrogen-bond acceptors (Lipinski definition) is 3. The van der Waals surface area contributed by atoms with Crippen molar-refractivity contribution in [3.05, 3.63) is 29.3 Å². The van der Waals surface area contributed by atoms with Gasteiger partial charge in [0.1, 0.15) is 12.2 Å². The van der Waals surface area contributed by atoms with Gasteiger partial charge < -0.3 is 10.4 Å². The monoisotopic (exact) mass is 482 g/mol. The number of nitrogens with one attached hydrogen (secondary N) is 1.